The second-order valence-corrected chi connectivity index (χ2v) is 8.05. The van der Waals surface area contributed by atoms with Crippen molar-refractivity contribution in [2.45, 2.75) is 39.2 Å². The topological polar surface area (TPSA) is 78.9 Å². The van der Waals surface area contributed by atoms with Gasteiger partial charge in [0.05, 0.1) is 11.5 Å². The normalized spacial score (nSPS) is 20.1. The maximum Gasteiger partial charge on any atom is 0.266 e. The first-order chi connectivity index (χ1) is 12.9. The van der Waals surface area contributed by atoms with Crippen LogP contribution >= 0.6 is 24.0 Å². The fourth-order valence-electron chi connectivity index (χ4n) is 3.06. The Bertz CT molecular complexity index is 821. The number of rotatable bonds is 7. The lowest BCUT2D eigenvalue weighted by molar-refractivity contribution is -0.305. The molecule has 0 unspecified atom stereocenters. The third-order valence-corrected chi connectivity index (χ3v) is 5.63. The van der Waals surface area contributed by atoms with Gasteiger partial charge in [-0.15, -0.1) is 0 Å². The van der Waals surface area contributed by atoms with Crippen molar-refractivity contribution < 1.29 is 24.2 Å². The van der Waals surface area contributed by atoms with E-state index in [-0.39, 0.29) is 25.0 Å². The van der Waals surface area contributed by atoms with Gasteiger partial charge in [-0.2, -0.15) is 0 Å². The Kier molecular flexibility index (Phi) is 6.06. The predicted molar refractivity (Wildman–Crippen MR) is 106 cm³/mol. The van der Waals surface area contributed by atoms with Crippen LogP contribution in [0.2, 0.25) is 0 Å². The number of benzene rings is 1. The summed E-state index contributed by atoms with van der Waals surface area (Å²) in [5.41, 5.74) is 1.86. The smallest absolute Gasteiger partial charge is 0.266 e. The summed E-state index contributed by atoms with van der Waals surface area (Å²) >= 11 is 6.48. The van der Waals surface area contributed by atoms with Crippen LogP contribution in [0.3, 0.4) is 0 Å². The van der Waals surface area contributed by atoms with E-state index in [9.17, 15) is 14.7 Å². The number of thioether (sulfide) groups is 1. The molecule has 1 saturated heterocycles. The van der Waals surface area contributed by atoms with Crippen molar-refractivity contribution in [3.8, 4) is 11.5 Å². The summed E-state index contributed by atoms with van der Waals surface area (Å²) < 4.78 is 12.0. The summed E-state index contributed by atoms with van der Waals surface area (Å²) in [6.45, 7) is 4.70. The van der Waals surface area contributed by atoms with Gasteiger partial charge in [0.2, 0.25) is 0 Å². The van der Waals surface area contributed by atoms with Crippen LogP contribution in [0.15, 0.2) is 17.0 Å². The van der Waals surface area contributed by atoms with Crippen LogP contribution in [-0.2, 0) is 16.0 Å². The lowest BCUT2D eigenvalue weighted by atomic mass is 10.1. The Hall–Kier alpha value is -2.06. The van der Waals surface area contributed by atoms with Crippen LogP contribution < -0.4 is 14.6 Å². The molecule has 8 heteroatoms. The molecule has 0 bridgehead atoms. The minimum absolute atomic E-state index is 0.106. The van der Waals surface area contributed by atoms with Crippen molar-refractivity contribution in [1.29, 1.82) is 0 Å². The number of ether oxygens (including phenoxy) is 2. The molecule has 2 aliphatic rings. The Labute approximate surface area is 167 Å². The van der Waals surface area contributed by atoms with Crippen LogP contribution in [0.25, 0.3) is 6.08 Å². The number of carboxylic acid groups (broad SMARTS) is 1. The van der Waals surface area contributed by atoms with E-state index in [1.807, 2.05) is 26.0 Å². The van der Waals surface area contributed by atoms with Gasteiger partial charge in [0.15, 0.2) is 0 Å². The fourth-order valence-corrected chi connectivity index (χ4v) is 4.36. The summed E-state index contributed by atoms with van der Waals surface area (Å²) in [4.78, 5) is 25.2. The van der Waals surface area contributed by atoms with Gasteiger partial charge in [0.25, 0.3) is 5.91 Å². The van der Waals surface area contributed by atoms with Gasteiger partial charge in [-0.05, 0) is 44.9 Å². The number of nitrogens with zero attached hydrogens (tertiary/aromatic N) is 1. The molecule has 0 saturated carbocycles. The van der Waals surface area contributed by atoms with Gasteiger partial charge in [0, 0.05) is 30.1 Å². The van der Waals surface area contributed by atoms with Crippen LogP contribution in [0.1, 0.15) is 37.8 Å². The minimum atomic E-state index is -1.13. The lowest BCUT2D eigenvalue weighted by Crippen LogP contribution is -2.30. The predicted octanol–water partition coefficient (Wildman–Crippen LogP) is 2.14. The number of carbonyl (C=O) groups excluding carboxylic acids is 2. The first-order valence-corrected chi connectivity index (χ1v) is 10.0. The van der Waals surface area contributed by atoms with Crippen LogP contribution in [-0.4, -0.2) is 40.4 Å². The van der Waals surface area contributed by atoms with Crippen LogP contribution in [0.4, 0.5) is 0 Å². The maximum atomic E-state index is 12.7. The van der Waals surface area contributed by atoms with Crippen LogP contribution in [0.5, 0.6) is 11.5 Å². The molecule has 2 aliphatic heterocycles. The molecule has 144 valence electrons. The Morgan fingerprint density at radius 1 is 1.52 bits per heavy atom. The molecule has 1 fully saturated rings. The summed E-state index contributed by atoms with van der Waals surface area (Å²) in [6, 6.07) is 3.86. The highest BCUT2D eigenvalue weighted by molar-refractivity contribution is 8.26. The third kappa shape index (κ3) is 4.44. The molecule has 2 heterocycles. The third-order valence-electron chi connectivity index (χ3n) is 4.25. The summed E-state index contributed by atoms with van der Waals surface area (Å²) in [5, 5.41) is 10.6. The standard InChI is InChI=1S/C19H21NO5S2/c1-3-24-14-8-12-7-11(2)25-15(12)9-13(14)10-16-18(23)20(19(26)27-16)6-4-5-17(21)22/h8-11H,3-7H2,1-2H3,(H,21,22)/p-1/b16-10-/t11-/m1/s1. The number of fused-ring (bicyclic) bond motifs is 1. The summed E-state index contributed by atoms with van der Waals surface area (Å²) in [7, 11) is 0. The number of aliphatic carboxylic acids is 1. The average Bonchev–Trinajstić information content (AvgIpc) is 3.08. The molecule has 1 aromatic carbocycles. The molecule has 1 amide bonds. The first-order valence-electron chi connectivity index (χ1n) is 8.80. The number of hydrogen-bond acceptors (Lipinski definition) is 7. The van der Waals surface area contributed by atoms with E-state index >= 15 is 0 Å². The molecule has 1 atom stereocenters. The highest BCUT2D eigenvalue weighted by Crippen LogP contribution is 2.39. The molecule has 27 heavy (non-hydrogen) atoms. The van der Waals surface area contributed by atoms with Gasteiger partial charge in [-0.1, -0.05) is 24.0 Å². The molecule has 0 radical (unpaired) electrons. The van der Waals surface area contributed by atoms with E-state index in [0.717, 1.165) is 23.3 Å². The molecular formula is C19H20NO5S2-. The zero-order chi connectivity index (χ0) is 19.6. The quantitative estimate of drug-likeness (QED) is 0.507. The molecule has 1 aromatic rings. The van der Waals surface area contributed by atoms with Crippen molar-refractivity contribution in [3.05, 3.63) is 28.2 Å². The highest BCUT2D eigenvalue weighted by Gasteiger charge is 2.32. The first kappa shape index (κ1) is 19.7. The van der Waals surface area contributed by atoms with Gasteiger partial charge >= 0.3 is 0 Å². The number of carbonyl (C=O) groups is 2. The summed E-state index contributed by atoms with van der Waals surface area (Å²) in [5.74, 6) is 0.156. The van der Waals surface area contributed by atoms with Crippen LogP contribution in [0, 0.1) is 0 Å². The van der Waals surface area contributed by atoms with E-state index in [0.29, 0.717) is 28.0 Å². The molecule has 0 aliphatic carbocycles. The van der Waals surface area contributed by atoms with E-state index in [2.05, 4.69) is 0 Å². The zero-order valence-electron chi connectivity index (χ0n) is 15.1. The maximum absolute atomic E-state index is 12.7. The van der Waals surface area contributed by atoms with Crippen molar-refractivity contribution in [3.63, 3.8) is 0 Å². The van der Waals surface area contributed by atoms with E-state index in [4.69, 9.17) is 21.7 Å². The molecule has 3 rings (SSSR count). The van der Waals surface area contributed by atoms with Gasteiger partial charge in [0.1, 0.15) is 21.9 Å². The summed E-state index contributed by atoms with van der Waals surface area (Å²) in [6.07, 6.45) is 2.90. The average molecular weight is 407 g/mol. The van der Waals surface area contributed by atoms with Gasteiger partial charge < -0.3 is 19.4 Å². The SMILES string of the molecule is CCOc1cc2c(cc1/C=C1\SC(=S)N(CCCC(=O)[O-])C1=O)O[C@H](C)C2. The second kappa shape index (κ2) is 8.31. The number of hydrogen-bond donors (Lipinski definition) is 0. The molecular weight excluding hydrogens is 386 g/mol. The zero-order valence-corrected chi connectivity index (χ0v) is 16.8. The van der Waals surface area contributed by atoms with E-state index < -0.39 is 5.97 Å². The minimum Gasteiger partial charge on any atom is -0.550 e. The van der Waals surface area contributed by atoms with Gasteiger partial charge in [-0.3, -0.25) is 9.69 Å². The molecule has 0 spiro atoms. The Balaban J connectivity index is 1.84. The van der Waals surface area contributed by atoms with E-state index in [1.54, 1.807) is 6.08 Å². The van der Waals surface area contributed by atoms with Crippen molar-refractivity contribution >= 4 is 46.3 Å². The van der Waals surface area contributed by atoms with Crippen molar-refractivity contribution in [2.24, 2.45) is 0 Å². The highest BCUT2D eigenvalue weighted by atomic mass is 32.2. The second-order valence-electron chi connectivity index (χ2n) is 6.37. The molecule has 0 aromatic heterocycles. The monoisotopic (exact) mass is 406 g/mol. The lowest BCUT2D eigenvalue weighted by Gasteiger charge is -2.14. The number of carboxylic acids is 1. The molecule has 0 N–H and O–H groups in total. The molecule has 6 nitrogen and oxygen atoms in total. The van der Waals surface area contributed by atoms with Crippen molar-refractivity contribution in [2.75, 3.05) is 13.2 Å². The largest absolute Gasteiger partial charge is 0.550 e. The Morgan fingerprint density at radius 2 is 2.30 bits per heavy atom. The number of amides is 1. The number of thiocarbonyl (C=S) groups is 1. The van der Waals surface area contributed by atoms with E-state index in [1.165, 1.54) is 16.7 Å². The fraction of sp³-hybridized carbons (Fsp3) is 0.421. The van der Waals surface area contributed by atoms with Crippen molar-refractivity contribution in [1.82, 2.24) is 4.90 Å². The van der Waals surface area contributed by atoms with Gasteiger partial charge in [-0.25, -0.2) is 0 Å². The Morgan fingerprint density at radius 3 is 3.00 bits per heavy atom.